The van der Waals surface area contributed by atoms with Crippen molar-refractivity contribution in [1.82, 2.24) is 20.4 Å². The summed E-state index contributed by atoms with van der Waals surface area (Å²) in [5, 5.41) is 3.14. The summed E-state index contributed by atoms with van der Waals surface area (Å²) in [5.74, 6) is -0.639. The first kappa shape index (κ1) is 23.0. The van der Waals surface area contributed by atoms with Gasteiger partial charge in [-0.1, -0.05) is 37.6 Å². The summed E-state index contributed by atoms with van der Waals surface area (Å²) in [6, 6.07) is 3.47. The zero-order valence-electron chi connectivity index (χ0n) is 17.9. The number of carbonyl (C=O) groups excluding carboxylic acids is 2. The first-order chi connectivity index (χ1) is 15.6. The normalized spacial score (nSPS) is 13.2. The van der Waals surface area contributed by atoms with Crippen molar-refractivity contribution in [2.24, 2.45) is 0 Å². The SMILES string of the molecule is CCCCCn1c(SCC(=O)NNC(=O)c2cccs2)nc2sc3c(c2c1=O)CCCC3. The topological polar surface area (TPSA) is 93.1 Å². The number of fused-ring (bicyclic) bond motifs is 3. The number of thioether (sulfide) groups is 1. The number of aromatic nitrogens is 2. The maximum absolute atomic E-state index is 13.4. The van der Waals surface area contributed by atoms with Crippen molar-refractivity contribution in [2.75, 3.05) is 5.75 Å². The Morgan fingerprint density at radius 1 is 1.22 bits per heavy atom. The number of rotatable bonds is 8. The van der Waals surface area contributed by atoms with E-state index < -0.39 is 0 Å². The second-order valence-electron chi connectivity index (χ2n) is 7.72. The second kappa shape index (κ2) is 10.6. The van der Waals surface area contributed by atoms with E-state index in [4.69, 9.17) is 4.98 Å². The number of amides is 2. The van der Waals surface area contributed by atoms with Crippen LogP contribution in [0.5, 0.6) is 0 Å². The molecule has 2 N–H and O–H groups in total. The number of hydrogen-bond acceptors (Lipinski definition) is 7. The lowest BCUT2D eigenvalue weighted by molar-refractivity contribution is -0.119. The lowest BCUT2D eigenvalue weighted by atomic mass is 9.97. The number of carbonyl (C=O) groups is 2. The molecule has 0 unspecified atom stereocenters. The number of hydrogen-bond donors (Lipinski definition) is 2. The minimum absolute atomic E-state index is 0.0133. The number of hydrazine groups is 1. The maximum Gasteiger partial charge on any atom is 0.279 e. The Morgan fingerprint density at radius 2 is 2.06 bits per heavy atom. The highest BCUT2D eigenvalue weighted by atomic mass is 32.2. The molecule has 0 aliphatic heterocycles. The number of nitrogens with one attached hydrogen (secondary N) is 2. The fraction of sp³-hybridized carbons (Fsp3) is 0.455. The minimum atomic E-state index is -0.349. The molecule has 0 bridgehead atoms. The van der Waals surface area contributed by atoms with Gasteiger partial charge in [0.05, 0.1) is 16.0 Å². The molecule has 32 heavy (non-hydrogen) atoms. The van der Waals surface area contributed by atoms with Gasteiger partial charge in [-0.25, -0.2) is 4.98 Å². The fourth-order valence-corrected chi connectivity index (χ4v) is 6.56. The molecule has 0 atom stereocenters. The predicted octanol–water partition coefficient (Wildman–Crippen LogP) is 4.14. The highest BCUT2D eigenvalue weighted by molar-refractivity contribution is 7.99. The van der Waals surface area contributed by atoms with E-state index in [0.29, 0.717) is 16.6 Å². The Kier molecular flexibility index (Phi) is 7.64. The van der Waals surface area contributed by atoms with Crippen LogP contribution in [0.1, 0.15) is 59.1 Å². The van der Waals surface area contributed by atoms with Gasteiger partial charge in [-0.05, 0) is 49.1 Å². The van der Waals surface area contributed by atoms with Crippen LogP contribution in [0.25, 0.3) is 10.2 Å². The predicted molar refractivity (Wildman–Crippen MR) is 131 cm³/mol. The van der Waals surface area contributed by atoms with Crippen molar-refractivity contribution >= 4 is 56.5 Å². The first-order valence-electron chi connectivity index (χ1n) is 10.9. The van der Waals surface area contributed by atoms with E-state index >= 15 is 0 Å². The van der Waals surface area contributed by atoms with Gasteiger partial charge in [0.2, 0.25) is 5.91 Å². The Hall–Kier alpha value is -2.17. The van der Waals surface area contributed by atoms with Gasteiger partial charge in [0.25, 0.3) is 11.5 Å². The molecule has 3 aromatic rings. The minimum Gasteiger partial charge on any atom is -0.287 e. The monoisotopic (exact) mass is 490 g/mol. The molecule has 3 heterocycles. The molecule has 0 fully saturated rings. The molecule has 4 rings (SSSR count). The van der Waals surface area contributed by atoms with Crippen molar-refractivity contribution in [3.05, 3.63) is 43.2 Å². The van der Waals surface area contributed by atoms with E-state index in [1.165, 1.54) is 33.5 Å². The summed E-state index contributed by atoms with van der Waals surface area (Å²) in [4.78, 5) is 45.1. The molecular formula is C22H26N4O3S3. The molecule has 1 aliphatic carbocycles. The van der Waals surface area contributed by atoms with Crippen molar-refractivity contribution < 1.29 is 9.59 Å². The average Bonchev–Trinajstić information content (AvgIpc) is 3.45. The van der Waals surface area contributed by atoms with Crippen LogP contribution < -0.4 is 16.4 Å². The van der Waals surface area contributed by atoms with Crippen LogP contribution in [0.4, 0.5) is 0 Å². The molecule has 7 nitrogen and oxygen atoms in total. The van der Waals surface area contributed by atoms with Gasteiger partial charge >= 0.3 is 0 Å². The van der Waals surface area contributed by atoms with Crippen LogP contribution in [0.3, 0.4) is 0 Å². The first-order valence-corrected chi connectivity index (χ1v) is 13.6. The molecule has 170 valence electrons. The standard InChI is InChI=1S/C22H26N4O3S3/c1-2-3-6-11-26-21(29)18-14-8-4-5-9-15(14)32-20(18)23-22(26)31-13-17(27)24-25-19(28)16-10-7-12-30-16/h7,10,12H,2-6,8-9,11,13H2,1H3,(H,24,27)(H,25,28). The molecule has 0 radical (unpaired) electrons. The third-order valence-corrected chi connectivity index (χ3v) is 8.45. The number of nitrogens with zero attached hydrogens (tertiary/aromatic N) is 2. The van der Waals surface area contributed by atoms with Crippen molar-refractivity contribution in [2.45, 2.75) is 63.6 Å². The zero-order valence-corrected chi connectivity index (χ0v) is 20.4. The van der Waals surface area contributed by atoms with E-state index in [2.05, 4.69) is 17.8 Å². The van der Waals surface area contributed by atoms with Gasteiger partial charge in [0.1, 0.15) is 4.83 Å². The van der Waals surface area contributed by atoms with Crippen LogP contribution in [0.2, 0.25) is 0 Å². The van der Waals surface area contributed by atoms with Crippen LogP contribution in [-0.2, 0) is 24.2 Å². The smallest absolute Gasteiger partial charge is 0.279 e. The van der Waals surface area contributed by atoms with E-state index in [9.17, 15) is 14.4 Å². The van der Waals surface area contributed by atoms with E-state index in [-0.39, 0.29) is 23.1 Å². The Bertz CT molecular complexity index is 1170. The lowest BCUT2D eigenvalue weighted by Gasteiger charge is -2.13. The molecule has 3 aromatic heterocycles. The van der Waals surface area contributed by atoms with Gasteiger partial charge in [0, 0.05) is 11.4 Å². The van der Waals surface area contributed by atoms with Gasteiger partial charge < -0.3 is 0 Å². The summed E-state index contributed by atoms with van der Waals surface area (Å²) < 4.78 is 1.74. The van der Waals surface area contributed by atoms with Crippen molar-refractivity contribution in [1.29, 1.82) is 0 Å². The zero-order chi connectivity index (χ0) is 22.5. The van der Waals surface area contributed by atoms with Gasteiger partial charge in [-0.15, -0.1) is 22.7 Å². The highest BCUT2D eigenvalue weighted by Gasteiger charge is 2.22. The van der Waals surface area contributed by atoms with Crippen LogP contribution in [0, 0.1) is 0 Å². The van der Waals surface area contributed by atoms with Crippen LogP contribution in [-0.4, -0.2) is 27.1 Å². The summed E-state index contributed by atoms with van der Waals surface area (Å²) in [5.41, 5.74) is 6.06. The molecule has 2 amide bonds. The molecule has 0 spiro atoms. The van der Waals surface area contributed by atoms with Gasteiger partial charge in [0.15, 0.2) is 5.16 Å². The van der Waals surface area contributed by atoms with Gasteiger partial charge in [-0.2, -0.15) is 0 Å². The molecule has 0 aromatic carbocycles. The molecule has 0 saturated carbocycles. The van der Waals surface area contributed by atoms with Crippen LogP contribution in [0.15, 0.2) is 27.5 Å². The Balaban J connectivity index is 1.51. The van der Waals surface area contributed by atoms with Crippen molar-refractivity contribution in [3.8, 4) is 0 Å². The maximum atomic E-state index is 13.4. The Morgan fingerprint density at radius 3 is 2.84 bits per heavy atom. The number of aryl methyl sites for hydroxylation is 2. The number of thiophene rings is 2. The molecule has 0 saturated heterocycles. The fourth-order valence-electron chi connectivity index (χ4n) is 3.81. The number of unbranched alkanes of at least 4 members (excludes halogenated alkanes) is 2. The van der Waals surface area contributed by atoms with Crippen LogP contribution >= 0.6 is 34.4 Å². The Labute approximate surface area is 198 Å². The molecule has 10 heteroatoms. The largest absolute Gasteiger partial charge is 0.287 e. The summed E-state index contributed by atoms with van der Waals surface area (Å²) in [6.45, 7) is 2.73. The molecule has 1 aliphatic rings. The van der Waals surface area contributed by atoms with E-state index in [0.717, 1.165) is 55.2 Å². The second-order valence-corrected chi connectivity index (χ2v) is 10.7. The van der Waals surface area contributed by atoms with E-state index in [1.807, 2.05) is 0 Å². The van der Waals surface area contributed by atoms with Gasteiger partial charge in [-0.3, -0.25) is 29.8 Å². The third kappa shape index (κ3) is 5.07. The lowest BCUT2D eigenvalue weighted by Crippen LogP contribution is -2.42. The molecular weight excluding hydrogens is 464 g/mol. The van der Waals surface area contributed by atoms with Crippen molar-refractivity contribution in [3.63, 3.8) is 0 Å². The summed E-state index contributed by atoms with van der Waals surface area (Å²) in [7, 11) is 0. The quantitative estimate of drug-likeness (QED) is 0.214. The third-order valence-electron chi connectivity index (χ3n) is 5.42. The summed E-state index contributed by atoms with van der Waals surface area (Å²) >= 11 is 4.16. The highest BCUT2D eigenvalue weighted by Crippen LogP contribution is 2.34. The average molecular weight is 491 g/mol. The summed E-state index contributed by atoms with van der Waals surface area (Å²) in [6.07, 6.45) is 7.22. The van der Waals surface area contributed by atoms with E-state index in [1.54, 1.807) is 33.4 Å².